The van der Waals surface area contributed by atoms with Gasteiger partial charge < -0.3 is 4.74 Å². The van der Waals surface area contributed by atoms with Crippen molar-refractivity contribution in [2.24, 2.45) is 0 Å². The number of nitrogens with zero attached hydrogens (tertiary/aromatic N) is 2. The van der Waals surface area contributed by atoms with Gasteiger partial charge in [0.2, 0.25) is 15.2 Å². The molecule has 27 heavy (non-hydrogen) atoms. The molecule has 9 nitrogen and oxygen atoms in total. The number of carbonyl (C=O) groups is 2. The van der Waals surface area contributed by atoms with Crippen LogP contribution in [0.3, 0.4) is 0 Å². The molecule has 1 heterocycles. The van der Waals surface area contributed by atoms with E-state index in [4.69, 9.17) is 16.3 Å². The Morgan fingerprint density at radius 2 is 2.07 bits per heavy atom. The normalized spacial score (nSPS) is 11.2. The van der Waals surface area contributed by atoms with E-state index in [-0.39, 0.29) is 32.3 Å². The Balaban J connectivity index is 2.10. The molecule has 2 N–H and O–H groups in total. The molecule has 0 bridgehead atoms. The van der Waals surface area contributed by atoms with Crippen molar-refractivity contribution in [2.75, 3.05) is 24.7 Å². The lowest BCUT2D eigenvalue weighted by atomic mass is 10.2. The van der Waals surface area contributed by atoms with Crippen LogP contribution in [0.4, 0.5) is 5.13 Å². The second kappa shape index (κ2) is 9.46. The van der Waals surface area contributed by atoms with E-state index in [1.165, 1.54) is 25.2 Å². The first kappa shape index (κ1) is 21.6. The largest absolute Gasteiger partial charge is 0.465 e. The molecule has 0 radical (unpaired) electrons. The number of anilines is 1. The fraction of sp³-hybridized carbons (Fsp3) is 0.286. The van der Waals surface area contributed by atoms with Crippen LogP contribution < -0.4 is 10.0 Å². The van der Waals surface area contributed by atoms with Crippen molar-refractivity contribution < 1.29 is 22.7 Å². The number of esters is 1. The van der Waals surface area contributed by atoms with E-state index in [0.29, 0.717) is 10.9 Å². The molecular formula is C14H15ClN4O5S3. The average molecular weight is 451 g/mol. The predicted molar refractivity (Wildman–Crippen MR) is 103 cm³/mol. The molecule has 13 heteroatoms. The molecule has 2 aromatic rings. The third kappa shape index (κ3) is 5.87. The van der Waals surface area contributed by atoms with Crippen molar-refractivity contribution in [2.45, 2.75) is 16.2 Å². The summed E-state index contributed by atoms with van der Waals surface area (Å²) in [5.74, 6) is -0.935. The SMILES string of the molecule is CCOC(=O)CSc1nnc(NC(=O)c2cc(S(=O)(=O)NC)ccc2Cl)s1. The number of thioether (sulfide) groups is 1. The summed E-state index contributed by atoms with van der Waals surface area (Å²) in [6.45, 7) is 2.00. The Labute approximate surface area is 168 Å². The van der Waals surface area contributed by atoms with Gasteiger partial charge in [-0.15, -0.1) is 10.2 Å². The third-order valence-corrected chi connectivity index (χ3v) is 6.69. The van der Waals surface area contributed by atoms with Crippen molar-refractivity contribution in [3.05, 3.63) is 28.8 Å². The molecule has 146 valence electrons. The molecule has 0 saturated heterocycles. The predicted octanol–water partition coefficient (Wildman–Crippen LogP) is 2.01. The summed E-state index contributed by atoms with van der Waals surface area (Å²) in [5.41, 5.74) is -0.0241. The van der Waals surface area contributed by atoms with Gasteiger partial charge in [-0.25, -0.2) is 13.1 Å². The number of aromatic nitrogens is 2. The summed E-state index contributed by atoms with van der Waals surface area (Å²) in [6.07, 6.45) is 0. The highest BCUT2D eigenvalue weighted by molar-refractivity contribution is 8.01. The van der Waals surface area contributed by atoms with Gasteiger partial charge in [-0.05, 0) is 32.2 Å². The fourth-order valence-electron chi connectivity index (χ4n) is 1.77. The summed E-state index contributed by atoms with van der Waals surface area (Å²) in [7, 11) is -2.46. The molecule has 0 aliphatic rings. The lowest BCUT2D eigenvalue weighted by Crippen LogP contribution is -2.20. The minimum atomic E-state index is -3.72. The summed E-state index contributed by atoms with van der Waals surface area (Å²) in [5, 5.41) is 10.4. The Kier molecular flexibility index (Phi) is 7.56. The fourth-order valence-corrected chi connectivity index (χ4v) is 4.27. The van der Waals surface area contributed by atoms with Gasteiger partial charge in [0.1, 0.15) is 0 Å². The molecule has 1 amide bonds. The molecule has 0 saturated carbocycles. The van der Waals surface area contributed by atoms with E-state index in [9.17, 15) is 18.0 Å². The third-order valence-electron chi connectivity index (χ3n) is 3.01. The molecule has 0 atom stereocenters. The van der Waals surface area contributed by atoms with Crippen LogP contribution in [0.5, 0.6) is 0 Å². The van der Waals surface area contributed by atoms with Crippen LogP contribution in [-0.4, -0.2) is 49.9 Å². The van der Waals surface area contributed by atoms with E-state index in [2.05, 4.69) is 20.2 Å². The molecule has 0 spiro atoms. The quantitative estimate of drug-likeness (QED) is 0.355. The maximum Gasteiger partial charge on any atom is 0.316 e. The van der Waals surface area contributed by atoms with Gasteiger partial charge in [-0.2, -0.15) is 0 Å². The molecule has 1 aromatic carbocycles. The number of carbonyl (C=O) groups excluding carboxylic acids is 2. The molecular weight excluding hydrogens is 436 g/mol. The molecule has 0 fully saturated rings. The van der Waals surface area contributed by atoms with Crippen LogP contribution in [0, 0.1) is 0 Å². The number of hydrogen-bond acceptors (Lipinski definition) is 9. The highest BCUT2D eigenvalue weighted by atomic mass is 35.5. The van der Waals surface area contributed by atoms with Crippen LogP contribution in [0.25, 0.3) is 0 Å². The number of hydrogen-bond donors (Lipinski definition) is 2. The number of nitrogens with one attached hydrogen (secondary N) is 2. The van der Waals surface area contributed by atoms with Crippen LogP contribution in [0.1, 0.15) is 17.3 Å². The number of sulfonamides is 1. The Morgan fingerprint density at radius 1 is 1.33 bits per heavy atom. The summed E-state index contributed by atoms with van der Waals surface area (Å²) < 4.78 is 31.2. The zero-order valence-electron chi connectivity index (χ0n) is 14.2. The number of rotatable bonds is 8. The van der Waals surface area contributed by atoms with Gasteiger partial charge in [0.15, 0.2) is 4.34 Å². The van der Waals surface area contributed by atoms with Crippen molar-refractivity contribution in [3.63, 3.8) is 0 Å². The summed E-state index contributed by atoms with van der Waals surface area (Å²) >= 11 is 8.20. The average Bonchev–Trinajstić information content (AvgIpc) is 3.07. The Bertz CT molecular complexity index is 948. The standard InChI is InChI=1S/C14H15ClN4O5S3/c1-3-24-11(20)7-25-14-19-18-13(26-14)17-12(21)9-6-8(4-5-10(9)15)27(22,23)16-2/h4-6,16H,3,7H2,1-2H3,(H,17,18,21). The zero-order chi connectivity index (χ0) is 20.0. The summed E-state index contributed by atoms with van der Waals surface area (Å²) in [6, 6.07) is 3.78. The van der Waals surface area contributed by atoms with Gasteiger partial charge in [-0.3, -0.25) is 14.9 Å². The van der Waals surface area contributed by atoms with Gasteiger partial charge in [0.05, 0.1) is 27.8 Å². The smallest absolute Gasteiger partial charge is 0.316 e. The first-order valence-corrected chi connectivity index (χ1v) is 11.1. The minimum absolute atomic E-state index is 0.0241. The first-order chi connectivity index (χ1) is 12.8. The highest BCUT2D eigenvalue weighted by Crippen LogP contribution is 2.27. The Morgan fingerprint density at radius 3 is 2.74 bits per heavy atom. The number of ether oxygens (including phenoxy) is 1. The second-order valence-electron chi connectivity index (χ2n) is 4.77. The van der Waals surface area contributed by atoms with E-state index < -0.39 is 15.9 Å². The maximum atomic E-state index is 12.4. The topological polar surface area (TPSA) is 127 Å². The minimum Gasteiger partial charge on any atom is -0.465 e. The molecule has 1 aromatic heterocycles. The van der Waals surface area contributed by atoms with Crippen molar-refractivity contribution >= 4 is 61.7 Å². The zero-order valence-corrected chi connectivity index (χ0v) is 17.4. The van der Waals surface area contributed by atoms with Crippen LogP contribution in [-0.2, 0) is 19.6 Å². The van der Waals surface area contributed by atoms with Crippen LogP contribution in [0.15, 0.2) is 27.4 Å². The van der Waals surface area contributed by atoms with Crippen molar-refractivity contribution in [1.82, 2.24) is 14.9 Å². The van der Waals surface area contributed by atoms with E-state index in [1.807, 2.05) is 0 Å². The second-order valence-corrected chi connectivity index (χ2v) is 9.26. The van der Waals surface area contributed by atoms with Crippen molar-refractivity contribution in [3.8, 4) is 0 Å². The van der Waals surface area contributed by atoms with Gasteiger partial charge in [-0.1, -0.05) is 34.7 Å². The van der Waals surface area contributed by atoms with E-state index in [0.717, 1.165) is 23.1 Å². The van der Waals surface area contributed by atoms with E-state index in [1.54, 1.807) is 6.92 Å². The number of benzene rings is 1. The molecule has 0 aliphatic carbocycles. The number of amides is 1. The van der Waals surface area contributed by atoms with Gasteiger partial charge in [0, 0.05) is 0 Å². The monoisotopic (exact) mass is 450 g/mol. The molecule has 0 unspecified atom stereocenters. The highest BCUT2D eigenvalue weighted by Gasteiger charge is 2.19. The van der Waals surface area contributed by atoms with E-state index >= 15 is 0 Å². The molecule has 2 rings (SSSR count). The maximum absolute atomic E-state index is 12.4. The summed E-state index contributed by atoms with van der Waals surface area (Å²) in [4.78, 5) is 23.7. The number of halogens is 1. The lowest BCUT2D eigenvalue weighted by molar-refractivity contribution is -0.139. The van der Waals surface area contributed by atoms with Gasteiger partial charge in [0.25, 0.3) is 5.91 Å². The van der Waals surface area contributed by atoms with Crippen LogP contribution >= 0.6 is 34.7 Å². The molecule has 0 aliphatic heterocycles. The first-order valence-electron chi connectivity index (χ1n) is 7.43. The van der Waals surface area contributed by atoms with Gasteiger partial charge >= 0.3 is 5.97 Å². The Hall–Kier alpha value is -1.73. The van der Waals surface area contributed by atoms with Crippen LogP contribution in [0.2, 0.25) is 5.02 Å². The lowest BCUT2D eigenvalue weighted by Gasteiger charge is -2.07. The van der Waals surface area contributed by atoms with Crippen molar-refractivity contribution in [1.29, 1.82) is 0 Å².